The van der Waals surface area contributed by atoms with E-state index in [0.717, 1.165) is 17.8 Å². The van der Waals surface area contributed by atoms with Crippen LogP contribution < -0.4 is 19.3 Å². The monoisotopic (exact) mass is 586 g/mol. The largest absolute Gasteiger partial charge is 0.497 e. The van der Waals surface area contributed by atoms with Gasteiger partial charge >= 0.3 is 12.1 Å². The Hall–Kier alpha value is -4.48. The molecule has 8 nitrogen and oxygen atoms in total. The van der Waals surface area contributed by atoms with Gasteiger partial charge in [0.2, 0.25) is 5.96 Å². The van der Waals surface area contributed by atoms with Crippen molar-refractivity contribution in [2.75, 3.05) is 50.2 Å². The number of carboxylic acid groups (broad SMARTS) is 1. The second-order valence-electron chi connectivity index (χ2n) is 10.1. The van der Waals surface area contributed by atoms with E-state index in [2.05, 4.69) is 9.89 Å². The normalized spacial score (nSPS) is 17.8. The topological polar surface area (TPSA) is 77.8 Å². The maximum Gasteiger partial charge on any atom is 0.416 e. The average molecular weight is 587 g/mol. The lowest BCUT2D eigenvalue weighted by Gasteiger charge is -2.46. The highest BCUT2D eigenvalue weighted by Crippen LogP contribution is 2.47. The summed E-state index contributed by atoms with van der Waals surface area (Å²) in [5.74, 6) is -2.07. The number of guanidine groups is 1. The molecule has 1 fully saturated rings. The number of carboxylic acids is 1. The number of nitrogens with zero attached hydrogens (tertiary/aromatic N) is 4. The Morgan fingerprint density at radius 3 is 2.31 bits per heavy atom. The molecule has 0 radical (unpaired) electrons. The molecule has 2 aliphatic heterocycles. The molecule has 2 heterocycles. The van der Waals surface area contributed by atoms with Gasteiger partial charge in [-0.25, -0.2) is 9.38 Å². The Labute approximate surface area is 240 Å². The third-order valence-electron chi connectivity index (χ3n) is 7.65. The molecule has 1 unspecified atom stereocenters. The Bertz CT molecular complexity index is 1500. The van der Waals surface area contributed by atoms with E-state index in [1.807, 2.05) is 29.2 Å². The number of piperazine rings is 1. The number of alkyl halides is 3. The number of carbonyl (C=O) groups is 1. The van der Waals surface area contributed by atoms with E-state index in [-0.39, 0.29) is 28.6 Å². The van der Waals surface area contributed by atoms with Crippen molar-refractivity contribution >= 4 is 29.0 Å². The van der Waals surface area contributed by atoms with Crippen LogP contribution in [0, 0.1) is 11.7 Å². The Morgan fingerprint density at radius 1 is 0.976 bits per heavy atom. The summed E-state index contributed by atoms with van der Waals surface area (Å²) >= 11 is 0. The molecule has 222 valence electrons. The minimum absolute atomic E-state index is 0.0192. The first kappa shape index (κ1) is 29.0. The molecule has 42 heavy (non-hydrogen) atoms. The van der Waals surface area contributed by atoms with Crippen LogP contribution >= 0.6 is 0 Å². The highest BCUT2D eigenvalue weighted by Gasteiger charge is 2.43. The standard InChI is InChI=1S/C30H30F4N4O4/c1-18(28(39)40)27-22-8-5-9-23(31)26(22)35-29(38(27)24-16-19(30(32,33)34)10-11-25(24)42-3)37-14-12-36(13-15-37)20-6-4-7-21(17-20)41-2/h4-11,16-18,27H,12-15H2,1-3H3,(H,39,40)/t18-,27?/m0/s1. The molecule has 5 rings (SSSR count). The van der Waals surface area contributed by atoms with Crippen LogP contribution in [-0.2, 0) is 11.0 Å². The number of anilines is 2. The molecule has 0 aromatic heterocycles. The van der Waals surface area contributed by atoms with Crippen molar-refractivity contribution in [1.29, 1.82) is 0 Å². The predicted octanol–water partition coefficient (Wildman–Crippen LogP) is 5.95. The van der Waals surface area contributed by atoms with Crippen molar-refractivity contribution in [1.82, 2.24) is 4.90 Å². The number of aliphatic imine (C=N–C) groups is 1. The van der Waals surface area contributed by atoms with Crippen molar-refractivity contribution in [3.8, 4) is 11.5 Å². The minimum atomic E-state index is -4.67. The first-order valence-electron chi connectivity index (χ1n) is 13.3. The van der Waals surface area contributed by atoms with E-state index in [1.54, 1.807) is 13.2 Å². The first-order valence-corrected chi connectivity index (χ1v) is 13.3. The SMILES string of the molecule is COc1cccc(N2CCN(C3=Nc4c(F)cccc4C([C@H](C)C(=O)O)N3c3cc(C(F)(F)F)ccc3OC)CC2)c1. The molecule has 0 saturated carbocycles. The van der Waals surface area contributed by atoms with E-state index in [9.17, 15) is 23.1 Å². The molecule has 3 aromatic rings. The van der Waals surface area contributed by atoms with Gasteiger partial charge in [-0.3, -0.25) is 4.79 Å². The summed E-state index contributed by atoms with van der Waals surface area (Å²) in [5.41, 5.74) is 0.192. The summed E-state index contributed by atoms with van der Waals surface area (Å²) in [6.07, 6.45) is -4.67. The van der Waals surface area contributed by atoms with E-state index in [4.69, 9.17) is 9.47 Å². The molecule has 1 saturated heterocycles. The van der Waals surface area contributed by atoms with E-state index in [0.29, 0.717) is 31.9 Å². The average Bonchev–Trinajstić information content (AvgIpc) is 2.99. The third kappa shape index (κ3) is 5.40. The summed E-state index contributed by atoms with van der Waals surface area (Å²) in [6.45, 7) is 3.24. The molecular weight excluding hydrogens is 556 g/mol. The Balaban J connectivity index is 1.63. The third-order valence-corrected chi connectivity index (χ3v) is 7.65. The number of ether oxygens (including phenoxy) is 2. The number of benzene rings is 3. The zero-order valence-corrected chi connectivity index (χ0v) is 23.2. The lowest BCUT2D eigenvalue weighted by atomic mass is 9.89. The number of hydrogen-bond acceptors (Lipinski definition) is 7. The maximum atomic E-state index is 15.2. The highest BCUT2D eigenvalue weighted by molar-refractivity contribution is 6.02. The zero-order chi connectivity index (χ0) is 30.2. The molecule has 1 N–H and O–H groups in total. The van der Waals surface area contributed by atoms with Crippen LogP contribution in [0.5, 0.6) is 11.5 Å². The van der Waals surface area contributed by atoms with Crippen LogP contribution in [0.3, 0.4) is 0 Å². The van der Waals surface area contributed by atoms with Crippen LogP contribution in [0.2, 0.25) is 0 Å². The number of rotatable bonds is 6. The zero-order valence-electron chi connectivity index (χ0n) is 23.2. The van der Waals surface area contributed by atoms with E-state index < -0.39 is 35.5 Å². The van der Waals surface area contributed by atoms with Crippen LogP contribution in [0.1, 0.15) is 24.1 Å². The van der Waals surface area contributed by atoms with Gasteiger partial charge in [-0.05, 0) is 43.3 Å². The Morgan fingerprint density at radius 2 is 1.67 bits per heavy atom. The quantitative estimate of drug-likeness (QED) is 0.358. The predicted molar refractivity (Wildman–Crippen MR) is 150 cm³/mol. The smallest absolute Gasteiger partial charge is 0.416 e. The number of aliphatic carboxylic acids is 1. The second kappa shape index (κ2) is 11.4. The molecule has 0 amide bonds. The van der Waals surface area contributed by atoms with Crippen LogP contribution in [-0.4, -0.2) is 62.3 Å². The number of hydrogen-bond donors (Lipinski definition) is 1. The van der Waals surface area contributed by atoms with Crippen molar-refractivity contribution in [3.05, 3.63) is 77.6 Å². The van der Waals surface area contributed by atoms with Crippen LogP contribution in [0.25, 0.3) is 0 Å². The first-order chi connectivity index (χ1) is 20.0. The van der Waals surface area contributed by atoms with Gasteiger partial charge in [0, 0.05) is 43.5 Å². The molecular formula is C30H30F4N4O4. The molecule has 2 atom stereocenters. The summed E-state index contributed by atoms with van der Waals surface area (Å²) in [6, 6.07) is 13.7. The molecule has 12 heteroatoms. The van der Waals surface area contributed by atoms with Gasteiger partial charge in [0.05, 0.1) is 37.4 Å². The number of para-hydroxylation sites is 1. The maximum absolute atomic E-state index is 15.2. The van der Waals surface area contributed by atoms with Crippen LogP contribution in [0.15, 0.2) is 65.7 Å². The molecule has 2 aliphatic rings. The van der Waals surface area contributed by atoms with Gasteiger partial charge < -0.3 is 29.3 Å². The van der Waals surface area contributed by atoms with E-state index >= 15 is 4.39 Å². The number of methoxy groups -OCH3 is 2. The van der Waals surface area contributed by atoms with Crippen LogP contribution in [0.4, 0.5) is 34.6 Å². The Kier molecular flexibility index (Phi) is 7.89. The second-order valence-corrected chi connectivity index (χ2v) is 10.1. The fraction of sp³-hybridized carbons (Fsp3) is 0.333. The van der Waals surface area contributed by atoms with Crippen molar-refractivity contribution in [2.45, 2.75) is 19.1 Å². The summed E-state index contributed by atoms with van der Waals surface area (Å²) in [4.78, 5) is 22.4. The molecule has 3 aromatic carbocycles. The molecule has 0 aliphatic carbocycles. The van der Waals surface area contributed by atoms with Gasteiger partial charge in [-0.2, -0.15) is 13.2 Å². The van der Waals surface area contributed by atoms with Gasteiger partial charge in [-0.15, -0.1) is 0 Å². The van der Waals surface area contributed by atoms with Gasteiger partial charge in [0.25, 0.3) is 0 Å². The minimum Gasteiger partial charge on any atom is -0.497 e. The lowest BCUT2D eigenvalue weighted by molar-refractivity contribution is -0.142. The fourth-order valence-electron chi connectivity index (χ4n) is 5.44. The summed E-state index contributed by atoms with van der Waals surface area (Å²) in [5, 5.41) is 10.1. The molecule has 0 bridgehead atoms. The summed E-state index contributed by atoms with van der Waals surface area (Å²) < 4.78 is 67.7. The van der Waals surface area contributed by atoms with Gasteiger partial charge in [-0.1, -0.05) is 18.2 Å². The summed E-state index contributed by atoms with van der Waals surface area (Å²) in [7, 11) is 2.91. The number of halogens is 4. The van der Waals surface area contributed by atoms with Crippen molar-refractivity contribution in [2.24, 2.45) is 10.9 Å². The van der Waals surface area contributed by atoms with Crippen molar-refractivity contribution < 1.29 is 36.9 Å². The van der Waals surface area contributed by atoms with Gasteiger partial charge in [0.1, 0.15) is 23.0 Å². The van der Waals surface area contributed by atoms with Gasteiger partial charge in [0.15, 0.2) is 0 Å². The lowest BCUT2D eigenvalue weighted by Crippen LogP contribution is -2.56. The molecule has 0 spiro atoms. The number of fused-ring (bicyclic) bond motifs is 1. The highest BCUT2D eigenvalue weighted by atomic mass is 19.4. The van der Waals surface area contributed by atoms with Crippen molar-refractivity contribution in [3.63, 3.8) is 0 Å². The van der Waals surface area contributed by atoms with E-state index in [1.165, 1.54) is 37.1 Å². The fourth-order valence-corrected chi connectivity index (χ4v) is 5.44.